The second kappa shape index (κ2) is 14.6. The summed E-state index contributed by atoms with van der Waals surface area (Å²) in [7, 11) is 3.73. The number of ether oxygens (including phenoxy) is 1. The van der Waals surface area contributed by atoms with Gasteiger partial charge in [-0.15, -0.1) is 24.8 Å². The van der Waals surface area contributed by atoms with Crippen LogP contribution in [0.4, 0.5) is 5.69 Å². The number of carbonyl (C=O) groups excluding carboxylic acids is 1. The first kappa shape index (κ1) is 24.2. The minimum atomic E-state index is -0.0340. The van der Waals surface area contributed by atoms with E-state index in [-0.39, 0.29) is 30.7 Å². The molecule has 0 bridgehead atoms. The number of hydrogen-bond donors (Lipinski definition) is 2. The van der Waals surface area contributed by atoms with Gasteiger partial charge in [0.15, 0.2) is 0 Å². The van der Waals surface area contributed by atoms with Gasteiger partial charge >= 0.3 is 0 Å². The van der Waals surface area contributed by atoms with Crippen LogP contribution in [-0.2, 0) is 4.74 Å². The third-order valence-corrected chi connectivity index (χ3v) is 3.20. The van der Waals surface area contributed by atoms with Crippen LogP contribution >= 0.6 is 24.8 Å². The van der Waals surface area contributed by atoms with E-state index in [0.717, 1.165) is 31.7 Å². The number of amides is 1. The van der Waals surface area contributed by atoms with Gasteiger partial charge in [0, 0.05) is 51.6 Å². The molecule has 7 heteroatoms. The molecular formula is C16H29Cl2N3O2. The van der Waals surface area contributed by atoms with Crippen molar-refractivity contribution in [2.45, 2.75) is 13.3 Å². The molecule has 1 aromatic carbocycles. The number of halogens is 2. The topological polar surface area (TPSA) is 53.6 Å². The Morgan fingerprint density at radius 3 is 2.35 bits per heavy atom. The van der Waals surface area contributed by atoms with E-state index in [0.29, 0.717) is 18.7 Å². The Kier molecular flexibility index (Phi) is 15.4. The number of nitrogens with one attached hydrogen (secondary N) is 2. The largest absolute Gasteiger partial charge is 0.383 e. The number of methoxy groups -OCH3 is 1. The van der Waals surface area contributed by atoms with Crippen molar-refractivity contribution < 1.29 is 9.53 Å². The lowest BCUT2D eigenvalue weighted by molar-refractivity contribution is 0.0953. The van der Waals surface area contributed by atoms with Crippen molar-refractivity contribution in [2.24, 2.45) is 0 Å². The zero-order valence-corrected chi connectivity index (χ0v) is 15.8. The van der Waals surface area contributed by atoms with Gasteiger partial charge in [-0.3, -0.25) is 4.79 Å². The van der Waals surface area contributed by atoms with Crippen molar-refractivity contribution in [3.05, 3.63) is 29.8 Å². The van der Waals surface area contributed by atoms with Gasteiger partial charge in [0.25, 0.3) is 5.91 Å². The summed E-state index contributed by atoms with van der Waals surface area (Å²) in [6, 6.07) is 7.72. The lowest BCUT2D eigenvalue weighted by Gasteiger charge is -2.18. The fraction of sp³-hybridized carbons (Fsp3) is 0.562. The highest BCUT2D eigenvalue weighted by atomic mass is 35.5. The molecule has 1 amide bonds. The third kappa shape index (κ3) is 9.66. The first-order valence-electron chi connectivity index (χ1n) is 7.48. The average molecular weight is 366 g/mol. The molecule has 0 spiro atoms. The zero-order chi connectivity index (χ0) is 15.5. The number of anilines is 1. The molecule has 0 aromatic heterocycles. The molecule has 0 aliphatic carbocycles. The van der Waals surface area contributed by atoms with Gasteiger partial charge in [-0.25, -0.2) is 0 Å². The highest BCUT2D eigenvalue weighted by molar-refractivity contribution is 5.94. The van der Waals surface area contributed by atoms with E-state index in [4.69, 9.17) is 4.74 Å². The molecule has 0 aliphatic rings. The number of hydrogen-bond acceptors (Lipinski definition) is 4. The Balaban J connectivity index is 0. The molecule has 1 aromatic rings. The van der Waals surface area contributed by atoms with Crippen LogP contribution in [0.5, 0.6) is 0 Å². The van der Waals surface area contributed by atoms with E-state index in [9.17, 15) is 4.79 Å². The van der Waals surface area contributed by atoms with Gasteiger partial charge in [0.2, 0.25) is 0 Å². The van der Waals surface area contributed by atoms with E-state index in [1.54, 1.807) is 7.11 Å². The summed E-state index contributed by atoms with van der Waals surface area (Å²) in [5.74, 6) is -0.0340. The van der Waals surface area contributed by atoms with E-state index in [1.165, 1.54) is 0 Å². The molecule has 5 nitrogen and oxygen atoms in total. The van der Waals surface area contributed by atoms with Crippen LogP contribution in [0.2, 0.25) is 0 Å². The van der Waals surface area contributed by atoms with Crippen LogP contribution in [0, 0.1) is 0 Å². The fourth-order valence-electron chi connectivity index (χ4n) is 2.00. The van der Waals surface area contributed by atoms with Crippen molar-refractivity contribution >= 4 is 36.4 Å². The standard InChI is InChI=1S/C16H27N3O2.2ClH/c1-4-12-19(2)15-7-5-14(6-8-15)16(20)18-10-9-17-11-13-21-3;;/h5-8,17H,4,9-13H2,1-3H3,(H,18,20);2*1H. The third-order valence-electron chi connectivity index (χ3n) is 3.20. The molecule has 2 N–H and O–H groups in total. The van der Waals surface area contributed by atoms with E-state index in [1.807, 2.05) is 24.3 Å². The van der Waals surface area contributed by atoms with Gasteiger partial charge in [0.05, 0.1) is 6.61 Å². The summed E-state index contributed by atoms with van der Waals surface area (Å²) in [6.07, 6.45) is 1.11. The van der Waals surface area contributed by atoms with Crippen molar-refractivity contribution in [1.82, 2.24) is 10.6 Å². The SMILES string of the molecule is CCCN(C)c1ccc(C(=O)NCCNCCOC)cc1.Cl.Cl. The van der Waals surface area contributed by atoms with Gasteiger partial charge in [-0.05, 0) is 30.7 Å². The number of carbonyl (C=O) groups is 1. The highest BCUT2D eigenvalue weighted by Crippen LogP contribution is 2.13. The fourth-order valence-corrected chi connectivity index (χ4v) is 2.00. The van der Waals surface area contributed by atoms with Crippen molar-refractivity contribution in [3.63, 3.8) is 0 Å². The monoisotopic (exact) mass is 365 g/mol. The molecule has 1 rings (SSSR count). The number of benzene rings is 1. The Hall–Kier alpha value is -1.01. The summed E-state index contributed by atoms with van der Waals surface area (Å²) >= 11 is 0. The lowest BCUT2D eigenvalue weighted by Crippen LogP contribution is -2.33. The molecule has 134 valence electrons. The summed E-state index contributed by atoms with van der Waals surface area (Å²) in [6.45, 7) is 6.00. The second-order valence-electron chi connectivity index (χ2n) is 4.97. The summed E-state index contributed by atoms with van der Waals surface area (Å²) < 4.78 is 4.93. The first-order chi connectivity index (χ1) is 10.2. The van der Waals surface area contributed by atoms with Crippen LogP contribution < -0.4 is 15.5 Å². The first-order valence-corrected chi connectivity index (χ1v) is 7.48. The van der Waals surface area contributed by atoms with Gasteiger partial charge in [-0.1, -0.05) is 6.92 Å². The van der Waals surface area contributed by atoms with Gasteiger partial charge in [0.1, 0.15) is 0 Å². The maximum absolute atomic E-state index is 12.0. The van der Waals surface area contributed by atoms with Crippen LogP contribution in [0.15, 0.2) is 24.3 Å². The van der Waals surface area contributed by atoms with Gasteiger partial charge in [-0.2, -0.15) is 0 Å². The Morgan fingerprint density at radius 1 is 1.13 bits per heavy atom. The number of rotatable bonds is 10. The van der Waals surface area contributed by atoms with Crippen LogP contribution in [-0.4, -0.2) is 52.9 Å². The molecule has 0 aliphatic heterocycles. The molecule has 0 fully saturated rings. The molecule has 0 saturated heterocycles. The van der Waals surface area contributed by atoms with Crippen LogP contribution in [0.1, 0.15) is 23.7 Å². The second-order valence-corrected chi connectivity index (χ2v) is 4.97. The molecular weight excluding hydrogens is 337 g/mol. The zero-order valence-electron chi connectivity index (χ0n) is 14.1. The van der Waals surface area contributed by atoms with Crippen molar-refractivity contribution in [2.75, 3.05) is 51.8 Å². The summed E-state index contributed by atoms with van der Waals surface area (Å²) in [5.41, 5.74) is 1.83. The van der Waals surface area contributed by atoms with Crippen molar-refractivity contribution in [3.8, 4) is 0 Å². The number of nitrogens with zero attached hydrogens (tertiary/aromatic N) is 1. The molecule has 0 radical (unpaired) electrons. The minimum absolute atomic E-state index is 0. The van der Waals surface area contributed by atoms with E-state index in [2.05, 4.69) is 29.5 Å². The molecule has 23 heavy (non-hydrogen) atoms. The smallest absolute Gasteiger partial charge is 0.251 e. The quantitative estimate of drug-likeness (QED) is 0.624. The van der Waals surface area contributed by atoms with Crippen LogP contribution in [0.3, 0.4) is 0 Å². The highest BCUT2D eigenvalue weighted by Gasteiger charge is 2.05. The molecule has 0 unspecified atom stereocenters. The normalized spacial score (nSPS) is 9.52. The summed E-state index contributed by atoms with van der Waals surface area (Å²) in [4.78, 5) is 14.1. The van der Waals surface area contributed by atoms with E-state index < -0.39 is 0 Å². The Labute approximate surface area is 152 Å². The minimum Gasteiger partial charge on any atom is -0.383 e. The summed E-state index contributed by atoms with van der Waals surface area (Å²) in [5, 5.41) is 6.08. The van der Waals surface area contributed by atoms with E-state index >= 15 is 0 Å². The molecule has 0 saturated carbocycles. The molecule has 0 heterocycles. The van der Waals surface area contributed by atoms with Crippen LogP contribution in [0.25, 0.3) is 0 Å². The maximum atomic E-state index is 12.0. The predicted molar refractivity (Wildman–Crippen MR) is 102 cm³/mol. The lowest BCUT2D eigenvalue weighted by atomic mass is 10.2. The average Bonchev–Trinajstić information content (AvgIpc) is 2.51. The molecule has 0 atom stereocenters. The Bertz CT molecular complexity index is 416. The van der Waals surface area contributed by atoms with Crippen molar-refractivity contribution in [1.29, 1.82) is 0 Å². The maximum Gasteiger partial charge on any atom is 0.251 e. The Morgan fingerprint density at radius 2 is 1.78 bits per heavy atom. The van der Waals surface area contributed by atoms with Gasteiger partial charge < -0.3 is 20.3 Å². The predicted octanol–water partition coefficient (Wildman–Crippen LogP) is 2.34.